The first-order valence-corrected chi connectivity index (χ1v) is 7.69. The minimum absolute atomic E-state index is 0.0718. The van der Waals surface area contributed by atoms with Crippen LogP contribution in [0.3, 0.4) is 0 Å². The van der Waals surface area contributed by atoms with Crippen molar-refractivity contribution in [1.82, 2.24) is 5.23 Å². The molecule has 0 aliphatic carbocycles. The van der Waals surface area contributed by atoms with Crippen molar-refractivity contribution in [3.63, 3.8) is 0 Å². The molecule has 0 aromatic heterocycles. The van der Waals surface area contributed by atoms with Crippen LogP contribution in [0.5, 0.6) is 0 Å². The topological polar surface area (TPSA) is 105 Å². The van der Waals surface area contributed by atoms with Gasteiger partial charge < -0.3 is 25.8 Å². The van der Waals surface area contributed by atoms with Crippen molar-refractivity contribution >= 4 is 18.7 Å². The number of esters is 1. The van der Waals surface area contributed by atoms with Crippen LogP contribution in [0.1, 0.15) is 44.4 Å². The molecular weight excluding hydrogens is 295 g/mol. The predicted octanol–water partition coefficient (Wildman–Crippen LogP) is 1.41. The molecule has 0 amide bonds. The van der Waals surface area contributed by atoms with E-state index in [1.165, 1.54) is 6.82 Å². The number of aliphatic hydroxyl groups is 1. The number of carbonyl (C=O) groups excluding carboxylic acids is 1. The molecule has 0 heterocycles. The van der Waals surface area contributed by atoms with E-state index in [2.05, 4.69) is 5.23 Å². The van der Waals surface area contributed by atoms with Gasteiger partial charge in [-0.25, -0.2) is 0 Å². The highest BCUT2D eigenvalue weighted by molar-refractivity contribution is 6.45. The Balaban J connectivity index is 2.96. The summed E-state index contributed by atoms with van der Waals surface area (Å²) in [6.07, 6.45) is -1.07. The zero-order valence-corrected chi connectivity index (χ0v) is 14.5. The van der Waals surface area contributed by atoms with Gasteiger partial charge in [-0.15, -0.1) is 0 Å². The minimum atomic E-state index is -0.999. The summed E-state index contributed by atoms with van der Waals surface area (Å²) in [6.45, 7) is 8.72. The summed E-state index contributed by atoms with van der Waals surface area (Å²) in [6, 6.07) is 4.54. The first kappa shape index (κ1) is 19.5. The van der Waals surface area contributed by atoms with E-state index in [0.717, 1.165) is 5.56 Å². The van der Waals surface area contributed by atoms with Crippen molar-refractivity contribution in [3.8, 4) is 0 Å². The van der Waals surface area contributed by atoms with Crippen LogP contribution in [-0.4, -0.2) is 34.8 Å². The highest BCUT2D eigenvalue weighted by Gasteiger charge is 2.29. The molecule has 0 saturated carbocycles. The van der Waals surface area contributed by atoms with Gasteiger partial charge in [-0.3, -0.25) is 4.79 Å². The van der Waals surface area contributed by atoms with Crippen LogP contribution < -0.4 is 11.0 Å². The molecule has 0 radical (unpaired) electrons. The number of benzene rings is 1. The Bertz CT molecular complexity index is 543. The third kappa shape index (κ3) is 6.60. The molecule has 1 unspecified atom stereocenters. The maximum Gasteiger partial charge on any atom is 0.373 e. The fraction of sp³-hybridized carbons (Fsp3) is 0.562. The lowest BCUT2D eigenvalue weighted by molar-refractivity contribution is -0.156. The van der Waals surface area contributed by atoms with E-state index in [1.807, 2.05) is 6.92 Å². The molecule has 6 nitrogen and oxygen atoms in total. The lowest BCUT2D eigenvalue weighted by Crippen LogP contribution is -2.45. The molecule has 0 spiro atoms. The fourth-order valence-electron chi connectivity index (χ4n) is 2.33. The Morgan fingerprint density at radius 1 is 1.43 bits per heavy atom. The number of nitrogens with two attached hydrogens (primary N) is 1. The molecule has 1 rings (SSSR count). The van der Waals surface area contributed by atoms with Crippen LogP contribution in [-0.2, 0) is 9.53 Å². The van der Waals surface area contributed by atoms with Crippen molar-refractivity contribution in [1.29, 1.82) is 0 Å². The van der Waals surface area contributed by atoms with Crippen molar-refractivity contribution < 1.29 is 19.7 Å². The predicted molar refractivity (Wildman–Crippen MR) is 91.8 cm³/mol. The van der Waals surface area contributed by atoms with E-state index >= 15 is 0 Å². The van der Waals surface area contributed by atoms with E-state index in [0.29, 0.717) is 11.3 Å². The van der Waals surface area contributed by atoms with E-state index in [4.69, 9.17) is 10.5 Å². The van der Waals surface area contributed by atoms with Gasteiger partial charge in [0.15, 0.2) is 0 Å². The molecule has 1 aromatic carbocycles. The number of carbonyl (C=O) groups is 1. The molecule has 5 N–H and O–H groups in total. The zero-order valence-electron chi connectivity index (χ0n) is 14.5. The third-order valence-electron chi connectivity index (χ3n) is 3.26. The molecule has 0 aliphatic heterocycles. The maximum absolute atomic E-state index is 12.1. The Kier molecular flexibility index (Phi) is 6.62. The van der Waals surface area contributed by atoms with Crippen LogP contribution >= 0.6 is 0 Å². The molecule has 0 aliphatic rings. The monoisotopic (exact) mass is 322 g/mol. The van der Waals surface area contributed by atoms with Gasteiger partial charge in [0, 0.05) is 11.7 Å². The molecular formula is C16H27BN2O4. The van der Waals surface area contributed by atoms with Gasteiger partial charge >= 0.3 is 13.0 Å². The summed E-state index contributed by atoms with van der Waals surface area (Å²) in [4.78, 5) is 12.1. The van der Waals surface area contributed by atoms with Gasteiger partial charge in [0.25, 0.3) is 0 Å². The number of anilines is 1. The molecule has 0 bridgehead atoms. The van der Waals surface area contributed by atoms with Crippen molar-refractivity contribution in [2.75, 3.05) is 5.73 Å². The molecule has 128 valence electrons. The summed E-state index contributed by atoms with van der Waals surface area (Å²) in [5.41, 5.74) is 7.17. The number of hydrogen-bond acceptors (Lipinski definition) is 6. The van der Waals surface area contributed by atoms with Crippen LogP contribution in [0, 0.1) is 6.92 Å². The number of nitrogen functional groups attached to an aromatic ring is 1. The first-order valence-electron chi connectivity index (χ1n) is 7.69. The molecule has 0 saturated heterocycles. The van der Waals surface area contributed by atoms with Crippen LogP contribution in [0.2, 0.25) is 6.82 Å². The SMILES string of the molecule is CB(O)N[C@H](CC(=O)OC(C)(C)C)C(O)c1cc(N)ccc1C. The van der Waals surface area contributed by atoms with Crippen LogP contribution in [0.4, 0.5) is 5.69 Å². The summed E-state index contributed by atoms with van der Waals surface area (Å²) in [7, 11) is -0.876. The standard InChI is InChI=1S/C16H27BN2O4/c1-10-6-7-11(18)8-12(10)15(21)13(19-17(5)22)9-14(20)23-16(2,3)4/h6-8,13,15,19,21-22H,9,18H2,1-5H3/t13-,15?/m1/s1. The van der Waals surface area contributed by atoms with Gasteiger partial charge in [-0.2, -0.15) is 0 Å². The minimum Gasteiger partial charge on any atom is -0.460 e. The van der Waals surface area contributed by atoms with E-state index in [9.17, 15) is 14.9 Å². The van der Waals surface area contributed by atoms with Crippen molar-refractivity contribution in [2.24, 2.45) is 0 Å². The zero-order chi connectivity index (χ0) is 17.8. The Morgan fingerprint density at radius 2 is 2.04 bits per heavy atom. The first-order chi connectivity index (χ1) is 10.5. The average molecular weight is 322 g/mol. The Labute approximate surface area is 138 Å². The smallest absolute Gasteiger partial charge is 0.373 e. The number of rotatable bonds is 6. The second-order valence-electron chi connectivity index (χ2n) is 6.80. The largest absolute Gasteiger partial charge is 0.460 e. The normalized spacial score (nSPS) is 14.2. The second kappa shape index (κ2) is 7.81. The highest BCUT2D eigenvalue weighted by atomic mass is 16.6. The van der Waals surface area contributed by atoms with E-state index in [-0.39, 0.29) is 6.42 Å². The van der Waals surface area contributed by atoms with Gasteiger partial charge in [0.1, 0.15) is 5.60 Å². The van der Waals surface area contributed by atoms with Crippen molar-refractivity contribution in [3.05, 3.63) is 29.3 Å². The van der Waals surface area contributed by atoms with Gasteiger partial charge in [0.05, 0.1) is 12.5 Å². The number of ether oxygens (including phenoxy) is 1. The Hall–Kier alpha value is -1.57. The van der Waals surface area contributed by atoms with Gasteiger partial charge in [-0.05, 0) is 57.8 Å². The summed E-state index contributed by atoms with van der Waals surface area (Å²) in [5.74, 6) is -0.448. The number of aliphatic hydroxyl groups excluding tert-OH is 1. The average Bonchev–Trinajstić information content (AvgIpc) is 2.37. The van der Waals surface area contributed by atoms with E-state index in [1.54, 1.807) is 39.0 Å². The second-order valence-corrected chi connectivity index (χ2v) is 6.80. The quantitative estimate of drug-likeness (QED) is 0.359. The summed E-state index contributed by atoms with van der Waals surface area (Å²) >= 11 is 0. The molecule has 1 aromatic rings. The highest BCUT2D eigenvalue weighted by Crippen LogP contribution is 2.25. The van der Waals surface area contributed by atoms with Crippen LogP contribution in [0.15, 0.2) is 18.2 Å². The number of nitrogens with one attached hydrogen (secondary N) is 1. The molecule has 7 heteroatoms. The molecule has 2 atom stereocenters. The lowest BCUT2D eigenvalue weighted by Gasteiger charge is -2.27. The molecule has 0 fully saturated rings. The lowest BCUT2D eigenvalue weighted by atomic mass is 9.84. The summed E-state index contributed by atoms with van der Waals surface area (Å²) in [5, 5.41) is 23.0. The Morgan fingerprint density at radius 3 is 2.57 bits per heavy atom. The number of hydrogen-bond donors (Lipinski definition) is 4. The van der Waals surface area contributed by atoms with E-state index < -0.39 is 30.8 Å². The third-order valence-corrected chi connectivity index (χ3v) is 3.26. The van der Waals surface area contributed by atoms with Crippen molar-refractivity contribution in [2.45, 2.75) is 58.7 Å². The van der Waals surface area contributed by atoms with Gasteiger partial charge in [0.2, 0.25) is 0 Å². The molecule has 23 heavy (non-hydrogen) atoms. The van der Waals surface area contributed by atoms with Gasteiger partial charge in [-0.1, -0.05) is 6.07 Å². The summed E-state index contributed by atoms with van der Waals surface area (Å²) < 4.78 is 5.29. The fourth-order valence-corrected chi connectivity index (χ4v) is 2.33. The van der Waals surface area contributed by atoms with Crippen LogP contribution in [0.25, 0.3) is 0 Å². The maximum atomic E-state index is 12.1. The number of aryl methyl sites for hydroxylation is 1.